The first-order valence-corrected chi connectivity index (χ1v) is 10.7. The van der Waals surface area contributed by atoms with Gasteiger partial charge in [-0.2, -0.15) is 13.2 Å². The van der Waals surface area contributed by atoms with Crippen molar-refractivity contribution in [2.24, 2.45) is 0 Å². The molecule has 166 valence electrons. The third-order valence-electron chi connectivity index (χ3n) is 4.06. The summed E-state index contributed by atoms with van der Waals surface area (Å²) >= 11 is 2.10. The van der Waals surface area contributed by atoms with Gasteiger partial charge in [-0.3, -0.25) is 14.9 Å². The minimum absolute atomic E-state index is 0.0324. The molecule has 0 saturated carbocycles. The molecule has 2 amide bonds. The number of fused-ring (bicyclic) bond motifs is 1. The number of anilines is 2. The van der Waals surface area contributed by atoms with Crippen molar-refractivity contribution in [2.45, 2.75) is 10.5 Å². The van der Waals surface area contributed by atoms with Gasteiger partial charge in [0.1, 0.15) is 0 Å². The van der Waals surface area contributed by atoms with Crippen LogP contribution in [0.3, 0.4) is 0 Å². The first-order chi connectivity index (χ1) is 15.3. The van der Waals surface area contributed by atoms with Gasteiger partial charge in [-0.1, -0.05) is 29.2 Å². The van der Waals surface area contributed by atoms with Crippen LogP contribution in [-0.4, -0.2) is 34.6 Å². The Bertz CT molecular complexity index is 1170. The van der Waals surface area contributed by atoms with Gasteiger partial charge < -0.3 is 14.8 Å². The van der Waals surface area contributed by atoms with E-state index < -0.39 is 17.6 Å². The Balaban J connectivity index is 1.30. The predicted octanol–water partition coefficient (Wildman–Crippen LogP) is 4.27. The van der Waals surface area contributed by atoms with Crippen molar-refractivity contribution >= 4 is 45.7 Å². The fourth-order valence-corrected chi connectivity index (χ4v) is 4.17. The molecule has 3 aromatic rings. The molecule has 1 aliphatic rings. The molecule has 2 aromatic carbocycles. The summed E-state index contributed by atoms with van der Waals surface area (Å²) in [5.74, 6) is 0.139. The van der Waals surface area contributed by atoms with Gasteiger partial charge in [0, 0.05) is 17.3 Å². The van der Waals surface area contributed by atoms with Crippen LogP contribution >= 0.6 is 23.1 Å². The molecule has 13 heteroatoms. The second kappa shape index (κ2) is 9.04. The lowest BCUT2D eigenvalue weighted by Crippen LogP contribution is -2.13. The number of thioether (sulfide) groups is 1. The number of halogens is 3. The van der Waals surface area contributed by atoms with E-state index in [1.807, 2.05) is 0 Å². The van der Waals surface area contributed by atoms with E-state index in [-0.39, 0.29) is 29.1 Å². The van der Waals surface area contributed by atoms with Crippen LogP contribution in [0.4, 0.5) is 24.0 Å². The van der Waals surface area contributed by atoms with Crippen LogP contribution in [0.2, 0.25) is 0 Å². The largest absolute Gasteiger partial charge is 0.454 e. The highest BCUT2D eigenvalue weighted by atomic mass is 32.2. The molecule has 8 nitrogen and oxygen atoms in total. The molecule has 32 heavy (non-hydrogen) atoms. The highest BCUT2D eigenvalue weighted by Crippen LogP contribution is 2.34. The molecule has 0 bridgehead atoms. The van der Waals surface area contributed by atoms with Gasteiger partial charge in [0.05, 0.1) is 11.3 Å². The van der Waals surface area contributed by atoms with Crippen LogP contribution in [0, 0.1) is 0 Å². The molecule has 0 saturated heterocycles. The maximum Gasteiger partial charge on any atom is 0.416 e. The minimum Gasteiger partial charge on any atom is -0.454 e. The summed E-state index contributed by atoms with van der Waals surface area (Å²) in [4.78, 5) is 24.4. The normalized spacial score (nSPS) is 12.5. The zero-order valence-electron chi connectivity index (χ0n) is 15.9. The zero-order chi connectivity index (χ0) is 22.7. The summed E-state index contributed by atoms with van der Waals surface area (Å²) in [5, 5.41) is 12.9. The Hall–Kier alpha value is -3.32. The molecular formula is C19H13F3N4O4S2. The van der Waals surface area contributed by atoms with E-state index in [9.17, 15) is 22.8 Å². The number of alkyl halides is 3. The van der Waals surface area contributed by atoms with E-state index in [1.165, 1.54) is 6.07 Å². The van der Waals surface area contributed by atoms with Crippen molar-refractivity contribution < 1.29 is 32.2 Å². The summed E-state index contributed by atoms with van der Waals surface area (Å²) in [6, 6.07) is 9.08. The number of hydrogen-bond acceptors (Lipinski definition) is 8. The van der Waals surface area contributed by atoms with Crippen LogP contribution in [0.25, 0.3) is 0 Å². The number of carbonyl (C=O) groups excluding carboxylic acids is 2. The molecule has 0 atom stereocenters. The summed E-state index contributed by atoms with van der Waals surface area (Å²) in [6.07, 6.45) is -4.55. The number of aromatic nitrogens is 2. The predicted molar refractivity (Wildman–Crippen MR) is 111 cm³/mol. The van der Waals surface area contributed by atoms with Gasteiger partial charge in [-0.15, -0.1) is 10.2 Å². The number of nitrogens with zero attached hydrogens (tertiary/aromatic N) is 2. The smallest absolute Gasteiger partial charge is 0.416 e. The van der Waals surface area contributed by atoms with Crippen molar-refractivity contribution in [3.63, 3.8) is 0 Å². The highest BCUT2D eigenvalue weighted by Gasteiger charge is 2.31. The highest BCUT2D eigenvalue weighted by molar-refractivity contribution is 8.01. The summed E-state index contributed by atoms with van der Waals surface area (Å²) in [5.41, 5.74) is -0.536. The van der Waals surface area contributed by atoms with Crippen LogP contribution < -0.4 is 20.1 Å². The molecule has 2 heterocycles. The van der Waals surface area contributed by atoms with Crippen LogP contribution in [-0.2, 0) is 11.0 Å². The lowest BCUT2D eigenvalue weighted by molar-refractivity contribution is -0.137. The molecule has 0 fully saturated rings. The van der Waals surface area contributed by atoms with Crippen molar-refractivity contribution in [3.8, 4) is 11.5 Å². The van der Waals surface area contributed by atoms with Gasteiger partial charge >= 0.3 is 6.18 Å². The Morgan fingerprint density at radius 2 is 1.88 bits per heavy atom. The molecular weight excluding hydrogens is 469 g/mol. The quantitative estimate of drug-likeness (QED) is 0.400. The maximum absolute atomic E-state index is 12.8. The van der Waals surface area contributed by atoms with E-state index >= 15 is 0 Å². The first kappa shape index (κ1) is 21.9. The van der Waals surface area contributed by atoms with Crippen molar-refractivity contribution in [1.29, 1.82) is 0 Å². The molecule has 0 unspecified atom stereocenters. The Morgan fingerprint density at radius 3 is 2.69 bits per heavy atom. The molecule has 1 aliphatic heterocycles. The molecule has 2 N–H and O–H groups in total. The lowest BCUT2D eigenvalue weighted by atomic mass is 10.1. The number of ether oxygens (including phenoxy) is 2. The molecule has 4 rings (SSSR count). The average Bonchev–Trinajstić information content (AvgIpc) is 3.40. The number of benzene rings is 2. The zero-order valence-corrected chi connectivity index (χ0v) is 17.6. The average molecular weight is 482 g/mol. The summed E-state index contributed by atoms with van der Waals surface area (Å²) in [6.45, 7) is 0.131. The van der Waals surface area contributed by atoms with Gasteiger partial charge in [0.25, 0.3) is 5.91 Å². The fourth-order valence-electron chi connectivity index (χ4n) is 2.62. The standard InChI is InChI=1S/C19H13F3N4O4S2/c20-19(21,22)11-3-1-2-10(6-11)16(28)24-17-25-26-18(32-17)31-8-15(27)23-12-4-5-13-14(7-12)30-9-29-13/h1-7H,8-9H2,(H,23,27)(H,24,25,28). The van der Waals surface area contributed by atoms with E-state index in [0.717, 1.165) is 41.3 Å². The number of nitrogens with one attached hydrogen (secondary N) is 2. The second-order valence-corrected chi connectivity index (χ2v) is 8.51. The van der Waals surface area contributed by atoms with Crippen LogP contribution in [0.15, 0.2) is 46.8 Å². The molecule has 0 aliphatic carbocycles. The first-order valence-electron chi connectivity index (χ1n) is 8.92. The number of rotatable bonds is 6. The van der Waals surface area contributed by atoms with Crippen molar-refractivity contribution in [2.75, 3.05) is 23.2 Å². The van der Waals surface area contributed by atoms with Gasteiger partial charge in [-0.25, -0.2) is 0 Å². The number of hydrogen-bond donors (Lipinski definition) is 2. The summed E-state index contributed by atoms with van der Waals surface area (Å²) < 4.78 is 49.3. The third-order valence-corrected chi connectivity index (χ3v) is 6.03. The van der Waals surface area contributed by atoms with Crippen molar-refractivity contribution in [1.82, 2.24) is 10.2 Å². The van der Waals surface area contributed by atoms with E-state index in [0.29, 0.717) is 21.5 Å². The van der Waals surface area contributed by atoms with E-state index in [1.54, 1.807) is 18.2 Å². The van der Waals surface area contributed by atoms with Crippen molar-refractivity contribution in [3.05, 3.63) is 53.6 Å². The lowest BCUT2D eigenvalue weighted by Gasteiger charge is -2.08. The second-order valence-electron chi connectivity index (χ2n) is 6.31. The Kier molecular flexibility index (Phi) is 6.19. The molecule has 0 radical (unpaired) electrons. The number of carbonyl (C=O) groups is 2. The van der Waals surface area contributed by atoms with E-state index in [2.05, 4.69) is 20.8 Å². The Labute approximate surface area is 187 Å². The third kappa shape index (κ3) is 5.29. The van der Waals surface area contributed by atoms with Gasteiger partial charge in [-0.05, 0) is 30.3 Å². The topological polar surface area (TPSA) is 102 Å². The Morgan fingerprint density at radius 1 is 1.06 bits per heavy atom. The summed E-state index contributed by atoms with van der Waals surface area (Å²) in [7, 11) is 0. The fraction of sp³-hybridized carbons (Fsp3) is 0.158. The van der Waals surface area contributed by atoms with Crippen LogP contribution in [0.1, 0.15) is 15.9 Å². The molecule has 0 spiro atoms. The van der Waals surface area contributed by atoms with E-state index in [4.69, 9.17) is 9.47 Å². The number of amides is 2. The van der Waals surface area contributed by atoms with Crippen LogP contribution in [0.5, 0.6) is 11.5 Å². The SMILES string of the molecule is O=C(CSc1nnc(NC(=O)c2cccc(C(F)(F)F)c2)s1)Nc1ccc2c(c1)OCO2. The van der Waals surface area contributed by atoms with Gasteiger partial charge in [0.15, 0.2) is 15.8 Å². The monoisotopic (exact) mass is 482 g/mol. The minimum atomic E-state index is -4.55. The molecule has 1 aromatic heterocycles. The maximum atomic E-state index is 12.8. The van der Waals surface area contributed by atoms with Gasteiger partial charge in [0.2, 0.25) is 17.8 Å².